The van der Waals surface area contributed by atoms with Gasteiger partial charge in [-0.25, -0.2) is 13.9 Å². The van der Waals surface area contributed by atoms with Crippen LogP contribution in [0, 0.1) is 23.1 Å². The number of aromatic nitrogens is 3. The zero-order valence-electron chi connectivity index (χ0n) is 21.8. The van der Waals surface area contributed by atoms with Crippen molar-refractivity contribution in [1.82, 2.24) is 14.6 Å². The van der Waals surface area contributed by atoms with Gasteiger partial charge in [0.15, 0.2) is 11.4 Å². The summed E-state index contributed by atoms with van der Waals surface area (Å²) in [7, 11) is 0. The minimum atomic E-state index is -1.26. The SMILES string of the molecule is N#C[C@]1(c2ccc3c(NC(=O)CCc4ccc(F)cc4)ncnn23)CC[C@@H](COC(=O)CC2CCCCC2)O1. The summed E-state index contributed by atoms with van der Waals surface area (Å²) in [6, 6.07) is 11.8. The lowest BCUT2D eigenvalue weighted by molar-refractivity contribution is -0.150. The van der Waals surface area contributed by atoms with E-state index in [1.54, 1.807) is 28.8 Å². The van der Waals surface area contributed by atoms with Crippen LogP contribution in [0.4, 0.5) is 10.2 Å². The van der Waals surface area contributed by atoms with Crippen molar-refractivity contribution >= 4 is 23.2 Å². The Balaban J connectivity index is 1.21. The number of rotatable bonds is 9. The van der Waals surface area contributed by atoms with E-state index in [1.165, 1.54) is 37.7 Å². The zero-order chi connectivity index (χ0) is 27.2. The number of aryl methyl sites for hydroxylation is 1. The fraction of sp³-hybridized carbons (Fsp3) is 0.483. The van der Waals surface area contributed by atoms with E-state index in [4.69, 9.17) is 9.47 Å². The van der Waals surface area contributed by atoms with Crippen molar-refractivity contribution in [2.75, 3.05) is 11.9 Å². The molecule has 0 unspecified atom stereocenters. The van der Waals surface area contributed by atoms with E-state index in [0.717, 1.165) is 18.4 Å². The number of carbonyl (C=O) groups excluding carboxylic acids is 2. The zero-order valence-corrected chi connectivity index (χ0v) is 21.8. The van der Waals surface area contributed by atoms with Crippen molar-refractivity contribution in [2.24, 2.45) is 5.92 Å². The van der Waals surface area contributed by atoms with Crippen molar-refractivity contribution in [2.45, 2.75) is 75.9 Å². The Morgan fingerprint density at radius 1 is 1.15 bits per heavy atom. The van der Waals surface area contributed by atoms with Crippen molar-refractivity contribution in [3.8, 4) is 6.07 Å². The number of nitrogens with one attached hydrogen (secondary N) is 1. The predicted molar refractivity (Wildman–Crippen MR) is 140 cm³/mol. The fourth-order valence-corrected chi connectivity index (χ4v) is 5.52. The third kappa shape index (κ3) is 6.25. The molecule has 1 N–H and O–H groups in total. The number of anilines is 1. The number of esters is 1. The molecule has 0 radical (unpaired) electrons. The Morgan fingerprint density at radius 2 is 1.95 bits per heavy atom. The van der Waals surface area contributed by atoms with E-state index in [9.17, 15) is 19.2 Å². The highest BCUT2D eigenvalue weighted by molar-refractivity contribution is 5.93. The molecule has 0 bridgehead atoms. The van der Waals surface area contributed by atoms with Crippen LogP contribution in [0.2, 0.25) is 0 Å². The minimum Gasteiger partial charge on any atom is -0.463 e. The number of nitriles is 1. The van der Waals surface area contributed by atoms with Crippen LogP contribution in [0.5, 0.6) is 0 Å². The van der Waals surface area contributed by atoms with E-state index in [2.05, 4.69) is 21.5 Å². The number of amides is 1. The van der Waals surface area contributed by atoms with Crippen LogP contribution in [0.25, 0.3) is 5.52 Å². The van der Waals surface area contributed by atoms with Crippen molar-refractivity contribution in [3.63, 3.8) is 0 Å². The number of hydrogen-bond donors (Lipinski definition) is 1. The number of ether oxygens (including phenoxy) is 2. The number of nitrogens with zero attached hydrogens (tertiary/aromatic N) is 4. The molecule has 0 spiro atoms. The molecule has 39 heavy (non-hydrogen) atoms. The van der Waals surface area contributed by atoms with Gasteiger partial charge in [0.25, 0.3) is 0 Å². The van der Waals surface area contributed by atoms with E-state index in [-0.39, 0.29) is 30.7 Å². The number of halogens is 1. The highest BCUT2D eigenvalue weighted by Gasteiger charge is 2.45. The average molecular weight is 534 g/mol. The average Bonchev–Trinajstić information content (AvgIpc) is 3.58. The summed E-state index contributed by atoms with van der Waals surface area (Å²) in [5.41, 5.74) is 0.654. The highest BCUT2D eigenvalue weighted by atomic mass is 19.1. The van der Waals surface area contributed by atoms with Crippen LogP contribution in [0.1, 0.15) is 69.0 Å². The van der Waals surface area contributed by atoms with Gasteiger partial charge in [0.05, 0.1) is 11.8 Å². The van der Waals surface area contributed by atoms with E-state index in [0.29, 0.717) is 48.6 Å². The van der Waals surface area contributed by atoms with Crippen LogP contribution in [0.15, 0.2) is 42.7 Å². The Hall–Kier alpha value is -3.84. The van der Waals surface area contributed by atoms with Gasteiger partial charge >= 0.3 is 5.97 Å². The van der Waals surface area contributed by atoms with Crippen LogP contribution in [-0.4, -0.2) is 39.2 Å². The maximum atomic E-state index is 13.1. The van der Waals surface area contributed by atoms with E-state index >= 15 is 0 Å². The second-order valence-corrected chi connectivity index (χ2v) is 10.4. The largest absolute Gasteiger partial charge is 0.463 e. The molecule has 2 aromatic heterocycles. The van der Waals surface area contributed by atoms with E-state index in [1.807, 2.05) is 0 Å². The Morgan fingerprint density at radius 3 is 2.72 bits per heavy atom. The lowest BCUT2D eigenvalue weighted by atomic mass is 9.87. The van der Waals surface area contributed by atoms with Gasteiger partial charge in [-0.3, -0.25) is 9.59 Å². The van der Waals surface area contributed by atoms with Gasteiger partial charge in [-0.1, -0.05) is 31.4 Å². The van der Waals surface area contributed by atoms with Crippen molar-refractivity contribution in [3.05, 3.63) is 59.8 Å². The number of benzene rings is 1. The first-order chi connectivity index (χ1) is 19.0. The molecule has 3 aromatic rings. The van der Waals surface area contributed by atoms with Gasteiger partial charge < -0.3 is 14.8 Å². The standard InChI is InChI=1S/C29H32FN5O4/c30-22-9-6-20(7-10-22)8-13-26(36)34-28-24-11-12-25(35(24)33-19-32-28)29(18-31)15-14-23(39-29)17-38-27(37)16-21-4-2-1-3-5-21/h6-7,9-12,19,21,23H,1-5,8,13-17H2,(H,32,33,34,36)/t23-,29-/m0/s1. The number of hydrogen-bond acceptors (Lipinski definition) is 7. The van der Waals surface area contributed by atoms with Crippen molar-refractivity contribution < 1.29 is 23.5 Å². The molecule has 1 saturated heterocycles. The summed E-state index contributed by atoms with van der Waals surface area (Å²) in [6.45, 7) is 0.114. The lowest BCUT2D eigenvalue weighted by Gasteiger charge is -2.22. The molecule has 10 heteroatoms. The normalized spacial score (nSPS) is 21.5. The molecule has 1 aliphatic carbocycles. The smallest absolute Gasteiger partial charge is 0.306 e. The molecule has 2 atom stereocenters. The van der Waals surface area contributed by atoms with E-state index < -0.39 is 11.7 Å². The molecule has 1 aliphatic heterocycles. The molecule has 1 amide bonds. The van der Waals surface area contributed by atoms with Crippen LogP contribution in [-0.2, 0) is 31.1 Å². The molecule has 3 heterocycles. The first-order valence-electron chi connectivity index (χ1n) is 13.6. The number of fused-ring (bicyclic) bond motifs is 1. The summed E-state index contributed by atoms with van der Waals surface area (Å²) in [5.74, 6) is -0.0533. The Bertz CT molecular complexity index is 1360. The number of carbonyl (C=O) groups is 2. The predicted octanol–water partition coefficient (Wildman–Crippen LogP) is 4.85. The molecule has 9 nitrogen and oxygen atoms in total. The van der Waals surface area contributed by atoms with Crippen molar-refractivity contribution in [1.29, 1.82) is 5.26 Å². The first-order valence-corrected chi connectivity index (χ1v) is 13.6. The topological polar surface area (TPSA) is 119 Å². The maximum Gasteiger partial charge on any atom is 0.306 e. The first kappa shape index (κ1) is 26.8. The fourth-order valence-electron chi connectivity index (χ4n) is 5.52. The van der Waals surface area contributed by atoms with Crippen LogP contribution >= 0.6 is 0 Å². The van der Waals surface area contributed by atoms with Gasteiger partial charge in [0, 0.05) is 12.8 Å². The molecule has 204 valence electrons. The monoisotopic (exact) mass is 533 g/mol. The highest BCUT2D eigenvalue weighted by Crippen LogP contribution is 2.40. The Labute approximate surface area is 226 Å². The van der Waals surface area contributed by atoms with Gasteiger partial charge in [0.2, 0.25) is 5.91 Å². The molecular weight excluding hydrogens is 501 g/mol. The molecular formula is C29H32FN5O4. The summed E-state index contributed by atoms with van der Waals surface area (Å²) in [6.07, 6.45) is 8.73. The molecule has 5 rings (SSSR count). The summed E-state index contributed by atoms with van der Waals surface area (Å²) in [4.78, 5) is 29.2. The van der Waals surface area contributed by atoms with Gasteiger partial charge in [0.1, 0.15) is 30.3 Å². The van der Waals surface area contributed by atoms with Crippen LogP contribution < -0.4 is 5.32 Å². The quantitative estimate of drug-likeness (QED) is 0.391. The third-order valence-electron chi connectivity index (χ3n) is 7.65. The Kier molecular flexibility index (Phi) is 8.17. The van der Waals surface area contributed by atoms with Gasteiger partial charge in [-0.15, -0.1) is 0 Å². The summed E-state index contributed by atoms with van der Waals surface area (Å²) in [5, 5.41) is 17.3. The van der Waals surface area contributed by atoms with Gasteiger partial charge in [-0.05, 0) is 67.9 Å². The molecule has 1 aromatic carbocycles. The summed E-state index contributed by atoms with van der Waals surface area (Å²) < 4.78 is 26.4. The molecule has 2 fully saturated rings. The second kappa shape index (κ2) is 11.9. The minimum absolute atomic E-state index is 0.114. The molecule has 2 aliphatic rings. The van der Waals surface area contributed by atoms with Gasteiger partial charge in [-0.2, -0.15) is 10.4 Å². The maximum absolute atomic E-state index is 13.1. The van der Waals surface area contributed by atoms with Crippen LogP contribution in [0.3, 0.4) is 0 Å². The third-order valence-corrected chi connectivity index (χ3v) is 7.65. The second-order valence-electron chi connectivity index (χ2n) is 10.4. The lowest BCUT2D eigenvalue weighted by Crippen LogP contribution is -2.29. The summed E-state index contributed by atoms with van der Waals surface area (Å²) >= 11 is 0. The molecule has 1 saturated carbocycles.